The van der Waals surface area contributed by atoms with Crippen LogP contribution in [0.3, 0.4) is 0 Å². The Kier molecular flexibility index (Phi) is 5.10. The molecule has 0 saturated carbocycles. The van der Waals surface area contributed by atoms with Crippen LogP contribution < -0.4 is 4.90 Å². The number of hydrogen-bond donors (Lipinski definition) is 1. The standard InChI is InChI=1S/C22H23N7O2S/c1-15-5-6-23-13-18(15)16-3-4-19-17(11-16)22(27-26-19)20-12-21(25-14-24-20)28-7-9-29(10-8-28)32(2,30)31/h3-6,11-14H,7-10H2,1-2H3,(H,26,27). The number of rotatable bonds is 4. The Bertz CT molecular complexity index is 1390. The number of aromatic nitrogens is 5. The van der Waals surface area contributed by atoms with E-state index in [4.69, 9.17) is 0 Å². The Labute approximate surface area is 186 Å². The Morgan fingerprint density at radius 3 is 2.59 bits per heavy atom. The van der Waals surface area contributed by atoms with Gasteiger partial charge in [0.15, 0.2) is 0 Å². The summed E-state index contributed by atoms with van der Waals surface area (Å²) in [6, 6.07) is 10.1. The molecule has 4 aromatic rings. The Hall–Kier alpha value is -3.37. The highest BCUT2D eigenvalue weighted by atomic mass is 32.2. The molecule has 0 unspecified atom stereocenters. The van der Waals surface area contributed by atoms with E-state index in [-0.39, 0.29) is 0 Å². The number of fused-ring (bicyclic) bond motifs is 1. The molecule has 5 rings (SSSR count). The second-order valence-corrected chi connectivity index (χ2v) is 9.92. The zero-order valence-electron chi connectivity index (χ0n) is 17.9. The molecule has 9 nitrogen and oxygen atoms in total. The van der Waals surface area contributed by atoms with E-state index in [9.17, 15) is 8.42 Å². The Morgan fingerprint density at radius 2 is 1.84 bits per heavy atom. The van der Waals surface area contributed by atoms with Crippen LogP contribution in [-0.2, 0) is 10.0 Å². The van der Waals surface area contributed by atoms with Crippen LogP contribution in [0.2, 0.25) is 0 Å². The summed E-state index contributed by atoms with van der Waals surface area (Å²) in [7, 11) is -3.17. The fourth-order valence-corrected chi connectivity index (χ4v) is 4.87. The highest BCUT2D eigenvalue weighted by Crippen LogP contribution is 2.31. The topological polar surface area (TPSA) is 108 Å². The van der Waals surface area contributed by atoms with E-state index in [0.717, 1.165) is 39.1 Å². The SMILES string of the molecule is Cc1ccncc1-c1ccc2[nH]nc(-c3cc(N4CCN(S(C)(=O)=O)CC4)ncn3)c2c1. The van der Waals surface area contributed by atoms with Gasteiger partial charge in [0.05, 0.1) is 17.5 Å². The summed E-state index contributed by atoms with van der Waals surface area (Å²) in [5, 5.41) is 8.57. The molecule has 1 aliphatic rings. The molecular formula is C22H23N7O2S. The number of benzene rings is 1. The van der Waals surface area contributed by atoms with Gasteiger partial charge in [0.2, 0.25) is 10.0 Å². The fraction of sp³-hybridized carbons (Fsp3) is 0.273. The van der Waals surface area contributed by atoms with Gasteiger partial charge in [-0.25, -0.2) is 18.4 Å². The predicted molar refractivity (Wildman–Crippen MR) is 124 cm³/mol. The number of nitrogens with zero attached hydrogens (tertiary/aromatic N) is 6. The number of nitrogens with one attached hydrogen (secondary N) is 1. The van der Waals surface area contributed by atoms with Gasteiger partial charge >= 0.3 is 0 Å². The van der Waals surface area contributed by atoms with E-state index in [1.54, 1.807) is 6.20 Å². The number of hydrogen-bond acceptors (Lipinski definition) is 7. The second-order valence-electron chi connectivity index (χ2n) is 7.93. The lowest BCUT2D eigenvalue weighted by atomic mass is 10.0. The molecule has 0 atom stereocenters. The molecule has 0 spiro atoms. The first-order valence-electron chi connectivity index (χ1n) is 10.3. The Balaban J connectivity index is 1.47. The van der Waals surface area contributed by atoms with Crippen molar-refractivity contribution in [1.82, 2.24) is 29.5 Å². The van der Waals surface area contributed by atoms with Crippen LogP contribution in [0, 0.1) is 6.92 Å². The molecule has 3 aromatic heterocycles. The summed E-state index contributed by atoms with van der Waals surface area (Å²) >= 11 is 0. The Morgan fingerprint density at radius 1 is 1.03 bits per heavy atom. The van der Waals surface area contributed by atoms with Crippen LogP contribution >= 0.6 is 0 Å². The van der Waals surface area contributed by atoms with Gasteiger partial charge in [-0.15, -0.1) is 0 Å². The zero-order chi connectivity index (χ0) is 22.3. The van der Waals surface area contributed by atoms with Gasteiger partial charge < -0.3 is 4.90 Å². The van der Waals surface area contributed by atoms with E-state index in [1.165, 1.54) is 16.9 Å². The highest BCUT2D eigenvalue weighted by molar-refractivity contribution is 7.88. The largest absolute Gasteiger partial charge is 0.354 e. The van der Waals surface area contributed by atoms with Crippen molar-refractivity contribution >= 4 is 26.7 Å². The number of aryl methyl sites for hydroxylation is 1. The van der Waals surface area contributed by atoms with Gasteiger partial charge in [0.1, 0.15) is 17.8 Å². The van der Waals surface area contributed by atoms with Crippen molar-refractivity contribution in [3.63, 3.8) is 0 Å². The molecule has 32 heavy (non-hydrogen) atoms. The van der Waals surface area contributed by atoms with Crippen molar-refractivity contribution in [2.45, 2.75) is 6.92 Å². The lowest BCUT2D eigenvalue weighted by Gasteiger charge is -2.33. The first-order chi connectivity index (χ1) is 15.4. The van der Waals surface area contributed by atoms with Crippen LogP contribution in [0.1, 0.15) is 5.56 Å². The smallest absolute Gasteiger partial charge is 0.211 e. The minimum Gasteiger partial charge on any atom is -0.354 e. The number of piperazine rings is 1. The molecule has 0 bridgehead atoms. The third kappa shape index (κ3) is 3.82. The molecule has 1 N–H and O–H groups in total. The molecule has 0 radical (unpaired) electrons. The van der Waals surface area contributed by atoms with Crippen molar-refractivity contribution in [2.75, 3.05) is 37.3 Å². The third-order valence-electron chi connectivity index (χ3n) is 5.84. The van der Waals surface area contributed by atoms with Crippen LogP contribution in [0.15, 0.2) is 49.1 Å². The van der Waals surface area contributed by atoms with Crippen molar-refractivity contribution < 1.29 is 8.42 Å². The van der Waals surface area contributed by atoms with Crippen molar-refractivity contribution in [1.29, 1.82) is 0 Å². The van der Waals surface area contributed by atoms with E-state index >= 15 is 0 Å². The van der Waals surface area contributed by atoms with Crippen LogP contribution in [0.25, 0.3) is 33.4 Å². The lowest BCUT2D eigenvalue weighted by molar-refractivity contribution is 0.387. The minimum atomic E-state index is -3.17. The van der Waals surface area contributed by atoms with Gasteiger partial charge in [0.25, 0.3) is 0 Å². The summed E-state index contributed by atoms with van der Waals surface area (Å²) in [5.74, 6) is 0.763. The molecule has 1 aromatic carbocycles. The maximum absolute atomic E-state index is 11.8. The lowest BCUT2D eigenvalue weighted by Crippen LogP contribution is -2.48. The van der Waals surface area contributed by atoms with Crippen molar-refractivity contribution in [3.05, 3.63) is 54.6 Å². The van der Waals surface area contributed by atoms with Gasteiger partial charge in [-0.1, -0.05) is 6.07 Å². The third-order valence-corrected chi connectivity index (χ3v) is 7.14. The second kappa shape index (κ2) is 7.95. The van der Waals surface area contributed by atoms with Gasteiger partial charge in [-0.3, -0.25) is 10.1 Å². The van der Waals surface area contributed by atoms with E-state index in [2.05, 4.69) is 49.1 Å². The highest BCUT2D eigenvalue weighted by Gasteiger charge is 2.24. The number of sulfonamides is 1. The quantitative estimate of drug-likeness (QED) is 0.510. The number of pyridine rings is 1. The van der Waals surface area contributed by atoms with E-state index in [1.807, 2.05) is 24.4 Å². The summed E-state index contributed by atoms with van der Waals surface area (Å²) in [4.78, 5) is 15.2. The molecule has 1 saturated heterocycles. The first kappa shape index (κ1) is 20.5. The minimum absolute atomic E-state index is 0.442. The van der Waals surface area contributed by atoms with Gasteiger partial charge in [-0.05, 0) is 36.2 Å². The normalized spacial score (nSPS) is 15.4. The van der Waals surface area contributed by atoms with Gasteiger partial charge in [-0.2, -0.15) is 9.40 Å². The van der Waals surface area contributed by atoms with Crippen LogP contribution in [-0.4, -0.2) is 70.3 Å². The molecule has 1 aliphatic heterocycles. The molecular weight excluding hydrogens is 426 g/mol. The fourth-order valence-electron chi connectivity index (χ4n) is 4.04. The summed E-state index contributed by atoms with van der Waals surface area (Å²) in [6.07, 6.45) is 6.44. The monoisotopic (exact) mass is 449 g/mol. The predicted octanol–water partition coefficient (Wildman–Crippen LogP) is 2.47. The summed E-state index contributed by atoms with van der Waals surface area (Å²) < 4.78 is 25.1. The zero-order valence-corrected chi connectivity index (χ0v) is 18.7. The van der Waals surface area contributed by atoms with E-state index < -0.39 is 10.0 Å². The van der Waals surface area contributed by atoms with E-state index in [0.29, 0.717) is 31.9 Å². The number of anilines is 1. The summed E-state index contributed by atoms with van der Waals surface area (Å²) in [5.41, 5.74) is 5.69. The molecule has 164 valence electrons. The maximum Gasteiger partial charge on any atom is 0.211 e. The van der Waals surface area contributed by atoms with Gasteiger partial charge in [0, 0.05) is 55.6 Å². The van der Waals surface area contributed by atoms with Crippen molar-refractivity contribution in [2.24, 2.45) is 0 Å². The summed E-state index contributed by atoms with van der Waals surface area (Å²) in [6.45, 7) is 4.11. The van der Waals surface area contributed by atoms with Crippen LogP contribution in [0.5, 0.6) is 0 Å². The molecule has 4 heterocycles. The molecule has 10 heteroatoms. The average molecular weight is 450 g/mol. The molecule has 0 aliphatic carbocycles. The van der Waals surface area contributed by atoms with Crippen molar-refractivity contribution in [3.8, 4) is 22.5 Å². The number of H-pyrrole nitrogens is 1. The average Bonchev–Trinajstić information content (AvgIpc) is 3.22. The van der Waals surface area contributed by atoms with Crippen LogP contribution in [0.4, 0.5) is 5.82 Å². The molecule has 0 amide bonds. The maximum atomic E-state index is 11.8. The number of aromatic amines is 1. The first-order valence-corrected chi connectivity index (χ1v) is 12.2. The molecule has 1 fully saturated rings.